The zero-order valence-electron chi connectivity index (χ0n) is 9.33. The molecule has 18 heavy (non-hydrogen) atoms. The molecule has 2 rings (SSSR count). The minimum atomic E-state index is -0.598. The molecule has 0 bridgehead atoms. The smallest absolute Gasteiger partial charge is 0.270 e. The Balaban J connectivity index is 2.07. The molecule has 1 saturated carbocycles. The van der Waals surface area contributed by atoms with Crippen molar-refractivity contribution in [1.29, 1.82) is 0 Å². The van der Waals surface area contributed by atoms with Crippen LogP contribution in [-0.4, -0.2) is 17.0 Å². The van der Waals surface area contributed by atoms with E-state index in [-0.39, 0.29) is 28.8 Å². The molecule has 0 radical (unpaired) electrons. The Labute approximate surface area is 102 Å². The number of rotatable bonds is 4. The summed E-state index contributed by atoms with van der Waals surface area (Å²) < 4.78 is 0. The summed E-state index contributed by atoms with van der Waals surface area (Å²) in [6.07, 6.45) is 2.82. The monoisotopic (exact) mass is 248 g/mol. The number of nitro groups is 1. The average molecular weight is 248 g/mol. The maximum Gasteiger partial charge on any atom is 0.270 e. The molecule has 1 amide bonds. The molecular weight excluding hydrogens is 238 g/mol. The van der Waals surface area contributed by atoms with Gasteiger partial charge in [0.05, 0.1) is 11.1 Å². The van der Waals surface area contributed by atoms with Gasteiger partial charge in [-0.05, 0) is 18.4 Å². The van der Waals surface area contributed by atoms with Gasteiger partial charge in [-0.15, -0.1) is 0 Å². The number of nitrogens with one attached hydrogen (secondary N) is 1. The van der Waals surface area contributed by atoms with E-state index in [0.717, 1.165) is 37.3 Å². The fourth-order valence-corrected chi connectivity index (χ4v) is 1.35. The van der Waals surface area contributed by atoms with Crippen molar-refractivity contribution in [2.24, 2.45) is 11.0 Å². The SMILES string of the molecule is O=C(N/N=C\c1cc([N+](=O)[O-])ccc1[O-])C1CC1. The summed E-state index contributed by atoms with van der Waals surface area (Å²) >= 11 is 0. The number of non-ortho nitro benzene ring substituents is 1. The van der Waals surface area contributed by atoms with Gasteiger partial charge in [0, 0.05) is 18.1 Å². The topological polar surface area (TPSA) is 108 Å². The number of nitro benzene ring substituents is 1. The molecule has 0 unspecified atom stereocenters. The highest BCUT2D eigenvalue weighted by Gasteiger charge is 2.29. The molecule has 94 valence electrons. The average Bonchev–Trinajstić information content (AvgIpc) is 3.15. The third-order valence-electron chi connectivity index (χ3n) is 2.53. The van der Waals surface area contributed by atoms with Crippen LogP contribution >= 0.6 is 0 Å². The molecule has 0 heterocycles. The van der Waals surface area contributed by atoms with E-state index in [1.54, 1.807) is 0 Å². The van der Waals surface area contributed by atoms with Crippen molar-refractivity contribution in [1.82, 2.24) is 5.43 Å². The molecular formula is C11H10N3O4-. The lowest BCUT2D eigenvalue weighted by Crippen LogP contribution is -2.19. The Morgan fingerprint density at radius 1 is 1.50 bits per heavy atom. The van der Waals surface area contributed by atoms with Crippen molar-refractivity contribution in [3.8, 4) is 5.75 Å². The summed E-state index contributed by atoms with van der Waals surface area (Å²) in [5.41, 5.74) is 2.17. The lowest BCUT2D eigenvalue weighted by Gasteiger charge is -2.08. The van der Waals surface area contributed by atoms with E-state index in [9.17, 15) is 20.0 Å². The van der Waals surface area contributed by atoms with Crippen LogP contribution in [-0.2, 0) is 4.79 Å². The fraction of sp³-hybridized carbons (Fsp3) is 0.273. The molecule has 1 aliphatic carbocycles. The minimum absolute atomic E-state index is 0.0129. The number of carbonyl (C=O) groups is 1. The van der Waals surface area contributed by atoms with Gasteiger partial charge in [-0.25, -0.2) is 5.43 Å². The van der Waals surface area contributed by atoms with E-state index in [2.05, 4.69) is 10.5 Å². The third-order valence-corrected chi connectivity index (χ3v) is 2.53. The lowest BCUT2D eigenvalue weighted by atomic mass is 10.2. The second kappa shape index (κ2) is 4.82. The Kier molecular flexibility index (Phi) is 3.22. The van der Waals surface area contributed by atoms with Crippen LogP contribution < -0.4 is 10.5 Å². The van der Waals surface area contributed by atoms with Crippen LogP contribution in [0.2, 0.25) is 0 Å². The zero-order chi connectivity index (χ0) is 13.1. The number of benzene rings is 1. The van der Waals surface area contributed by atoms with E-state index in [1.165, 1.54) is 0 Å². The summed E-state index contributed by atoms with van der Waals surface area (Å²) in [7, 11) is 0. The molecule has 1 aliphatic rings. The molecule has 0 aliphatic heterocycles. The molecule has 1 fully saturated rings. The predicted molar refractivity (Wildman–Crippen MR) is 61.0 cm³/mol. The first-order chi connectivity index (χ1) is 8.58. The minimum Gasteiger partial charge on any atom is -0.872 e. The highest BCUT2D eigenvalue weighted by atomic mass is 16.6. The van der Waals surface area contributed by atoms with Gasteiger partial charge in [-0.1, -0.05) is 11.8 Å². The normalized spacial score (nSPS) is 14.7. The predicted octanol–water partition coefficient (Wildman–Crippen LogP) is 0.528. The molecule has 0 aromatic heterocycles. The van der Waals surface area contributed by atoms with Crippen LogP contribution in [0.3, 0.4) is 0 Å². The van der Waals surface area contributed by atoms with Crippen molar-refractivity contribution in [2.45, 2.75) is 12.8 Å². The Hall–Kier alpha value is -2.44. The number of hydrogen-bond acceptors (Lipinski definition) is 5. The Bertz CT molecular complexity index is 523. The van der Waals surface area contributed by atoms with E-state index >= 15 is 0 Å². The highest BCUT2D eigenvalue weighted by Crippen LogP contribution is 2.28. The molecule has 1 aromatic rings. The number of nitrogens with zero attached hydrogens (tertiary/aromatic N) is 2. The second-order valence-corrected chi connectivity index (χ2v) is 3.99. The van der Waals surface area contributed by atoms with Crippen LogP contribution in [0, 0.1) is 16.0 Å². The van der Waals surface area contributed by atoms with E-state index < -0.39 is 4.92 Å². The molecule has 1 aromatic carbocycles. The third kappa shape index (κ3) is 2.82. The first kappa shape index (κ1) is 12.0. The summed E-state index contributed by atoms with van der Waals surface area (Å²) in [6.45, 7) is 0. The van der Waals surface area contributed by atoms with Crippen LogP contribution in [0.4, 0.5) is 5.69 Å². The number of carbonyl (C=O) groups excluding carboxylic acids is 1. The zero-order valence-corrected chi connectivity index (χ0v) is 9.33. The largest absolute Gasteiger partial charge is 0.872 e. The van der Waals surface area contributed by atoms with Crippen molar-refractivity contribution in [3.05, 3.63) is 33.9 Å². The standard InChI is InChI=1S/C11H11N3O4/c15-10-4-3-9(14(17)18)5-8(10)6-12-13-11(16)7-1-2-7/h3-7,15H,1-2H2,(H,13,16)/p-1/b12-6-. The van der Waals surface area contributed by atoms with Gasteiger partial charge in [0.1, 0.15) is 0 Å². The van der Waals surface area contributed by atoms with Crippen molar-refractivity contribution in [2.75, 3.05) is 0 Å². The van der Waals surface area contributed by atoms with Gasteiger partial charge >= 0.3 is 0 Å². The molecule has 0 atom stereocenters. The van der Waals surface area contributed by atoms with Gasteiger partial charge in [0.25, 0.3) is 5.69 Å². The van der Waals surface area contributed by atoms with Gasteiger partial charge in [0.2, 0.25) is 5.91 Å². The van der Waals surface area contributed by atoms with Crippen molar-refractivity contribution >= 4 is 17.8 Å². The first-order valence-corrected chi connectivity index (χ1v) is 5.36. The summed E-state index contributed by atoms with van der Waals surface area (Å²) in [5.74, 6) is -0.562. The van der Waals surface area contributed by atoms with Crippen LogP contribution in [0.1, 0.15) is 18.4 Å². The summed E-state index contributed by atoms with van der Waals surface area (Å²) in [5, 5.41) is 25.5. The van der Waals surface area contributed by atoms with Gasteiger partial charge < -0.3 is 5.11 Å². The van der Waals surface area contributed by atoms with E-state index in [4.69, 9.17) is 0 Å². The number of hydrogen-bond donors (Lipinski definition) is 1. The van der Waals surface area contributed by atoms with Crippen LogP contribution in [0.15, 0.2) is 23.3 Å². The summed E-state index contributed by atoms with van der Waals surface area (Å²) in [4.78, 5) is 21.2. The van der Waals surface area contributed by atoms with Crippen molar-refractivity contribution < 1.29 is 14.8 Å². The van der Waals surface area contributed by atoms with Crippen LogP contribution in [0.25, 0.3) is 0 Å². The molecule has 1 N–H and O–H groups in total. The fourth-order valence-electron chi connectivity index (χ4n) is 1.35. The molecule has 7 heteroatoms. The lowest BCUT2D eigenvalue weighted by molar-refractivity contribution is -0.385. The summed E-state index contributed by atoms with van der Waals surface area (Å²) in [6, 6.07) is 3.35. The number of hydrazone groups is 1. The Morgan fingerprint density at radius 2 is 2.22 bits per heavy atom. The molecule has 0 saturated heterocycles. The highest BCUT2D eigenvalue weighted by molar-refractivity contribution is 5.86. The Morgan fingerprint density at radius 3 is 2.83 bits per heavy atom. The quantitative estimate of drug-likeness (QED) is 0.476. The van der Waals surface area contributed by atoms with Gasteiger partial charge in [-0.3, -0.25) is 14.9 Å². The molecule has 7 nitrogen and oxygen atoms in total. The van der Waals surface area contributed by atoms with Crippen molar-refractivity contribution in [3.63, 3.8) is 0 Å². The molecule has 0 spiro atoms. The first-order valence-electron chi connectivity index (χ1n) is 5.36. The van der Waals surface area contributed by atoms with Gasteiger partial charge in [-0.2, -0.15) is 5.10 Å². The maximum absolute atomic E-state index is 11.4. The van der Waals surface area contributed by atoms with Gasteiger partial charge in [0.15, 0.2) is 0 Å². The maximum atomic E-state index is 11.4. The van der Waals surface area contributed by atoms with E-state index in [1.807, 2.05) is 0 Å². The number of amides is 1. The van der Waals surface area contributed by atoms with Crippen LogP contribution in [0.5, 0.6) is 5.75 Å². The second-order valence-electron chi connectivity index (χ2n) is 3.99. The van der Waals surface area contributed by atoms with E-state index in [0.29, 0.717) is 0 Å².